The van der Waals surface area contributed by atoms with Gasteiger partial charge in [-0.2, -0.15) is 0 Å². The van der Waals surface area contributed by atoms with Crippen molar-refractivity contribution in [1.82, 2.24) is 5.32 Å². The van der Waals surface area contributed by atoms with Crippen LogP contribution in [0.4, 0.5) is 0 Å². The Hall–Kier alpha value is -1.26. The first-order chi connectivity index (χ1) is 8.26. The molecule has 0 aliphatic rings. The van der Waals surface area contributed by atoms with Gasteiger partial charge in [0.1, 0.15) is 11.5 Å². The number of benzene rings is 1. The topological polar surface area (TPSA) is 34.4 Å². The van der Waals surface area contributed by atoms with Crippen molar-refractivity contribution < 1.29 is 9.15 Å². The van der Waals surface area contributed by atoms with Gasteiger partial charge in [0.05, 0.1) is 19.4 Å². The quantitative estimate of drug-likeness (QED) is 0.939. The molecule has 0 amide bonds. The minimum absolute atomic E-state index is 0.00877. The van der Waals surface area contributed by atoms with Gasteiger partial charge < -0.3 is 14.5 Å². The first-order valence-corrected chi connectivity index (χ1v) is 6.09. The molecule has 0 spiro atoms. The standard InChI is InChI=1S/C13H14BrNO2/c1-15-13(12-4-3-7-17-12)10-8-9(16-2)5-6-11(10)14/h3-8,13,15H,1-2H3. The first-order valence-electron chi connectivity index (χ1n) is 5.30. The van der Waals surface area contributed by atoms with Crippen molar-refractivity contribution in [3.63, 3.8) is 0 Å². The average Bonchev–Trinajstić information content (AvgIpc) is 2.86. The molecule has 0 saturated carbocycles. The summed E-state index contributed by atoms with van der Waals surface area (Å²) < 4.78 is 11.7. The minimum atomic E-state index is 0.00877. The fraction of sp³-hybridized carbons (Fsp3) is 0.231. The molecule has 0 fully saturated rings. The highest BCUT2D eigenvalue weighted by atomic mass is 79.9. The Bertz CT molecular complexity index is 482. The molecule has 17 heavy (non-hydrogen) atoms. The van der Waals surface area contributed by atoms with Crippen LogP contribution in [0, 0.1) is 0 Å². The highest BCUT2D eigenvalue weighted by Gasteiger charge is 2.18. The van der Waals surface area contributed by atoms with Gasteiger partial charge in [-0.25, -0.2) is 0 Å². The van der Waals surface area contributed by atoms with E-state index in [2.05, 4.69) is 21.2 Å². The SMILES string of the molecule is CNC(c1ccco1)c1cc(OC)ccc1Br. The highest BCUT2D eigenvalue weighted by molar-refractivity contribution is 9.10. The van der Waals surface area contributed by atoms with E-state index in [1.807, 2.05) is 37.4 Å². The van der Waals surface area contributed by atoms with Crippen molar-refractivity contribution in [2.75, 3.05) is 14.2 Å². The van der Waals surface area contributed by atoms with Gasteiger partial charge in [0.25, 0.3) is 0 Å². The second-order valence-electron chi connectivity index (χ2n) is 3.62. The first kappa shape index (κ1) is 12.2. The number of hydrogen-bond acceptors (Lipinski definition) is 3. The van der Waals surface area contributed by atoms with E-state index in [1.54, 1.807) is 13.4 Å². The molecule has 1 atom stereocenters. The Morgan fingerprint density at radius 2 is 2.18 bits per heavy atom. The molecule has 4 heteroatoms. The van der Waals surface area contributed by atoms with Gasteiger partial charge in [0, 0.05) is 4.47 Å². The van der Waals surface area contributed by atoms with Crippen LogP contribution >= 0.6 is 15.9 Å². The zero-order valence-electron chi connectivity index (χ0n) is 9.74. The molecular formula is C13H14BrNO2. The Morgan fingerprint density at radius 3 is 2.76 bits per heavy atom. The summed E-state index contributed by atoms with van der Waals surface area (Å²) in [6.45, 7) is 0. The van der Waals surface area contributed by atoms with Crippen LogP contribution in [-0.2, 0) is 0 Å². The van der Waals surface area contributed by atoms with Crippen LogP contribution < -0.4 is 10.1 Å². The van der Waals surface area contributed by atoms with Gasteiger partial charge in [-0.15, -0.1) is 0 Å². The number of hydrogen-bond donors (Lipinski definition) is 1. The van der Waals surface area contributed by atoms with E-state index in [0.29, 0.717) is 0 Å². The lowest BCUT2D eigenvalue weighted by molar-refractivity contribution is 0.412. The molecule has 0 radical (unpaired) electrons. The van der Waals surface area contributed by atoms with Crippen LogP contribution in [0.25, 0.3) is 0 Å². The number of nitrogens with one attached hydrogen (secondary N) is 1. The molecule has 1 aromatic heterocycles. The summed E-state index contributed by atoms with van der Waals surface area (Å²) >= 11 is 3.55. The molecule has 0 saturated heterocycles. The molecule has 1 N–H and O–H groups in total. The summed E-state index contributed by atoms with van der Waals surface area (Å²) in [6.07, 6.45) is 1.67. The van der Waals surface area contributed by atoms with E-state index in [0.717, 1.165) is 21.5 Å². The molecule has 1 heterocycles. The van der Waals surface area contributed by atoms with Crippen LogP contribution in [0.2, 0.25) is 0 Å². The van der Waals surface area contributed by atoms with Crippen LogP contribution in [0.1, 0.15) is 17.4 Å². The predicted octanol–water partition coefficient (Wildman–Crippen LogP) is 3.36. The van der Waals surface area contributed by atoms with Crippen molar-refractivity contribution in [3.05, 3.63) is 52.4 Å². The average molecular weight is 296 g/mol. The number of rotatable bonds is 4. The smallest absolute Gasteiger partial charge is 0.125 e. The van der Waals surface area contributed by atoms with Gasteiger partial charge in [0.15, 0.2) is 0 Å². The predicted molar refractivity (Wildman–Crippen MR) is 70.3 cm³/mol. The van der Waals surface area contributed by atoms with Crippen LogP contribution in [-0.4, -0.2) is 14.2 Å². The summed E-state index contributed by atoms with van der Waals surface area (Å²) in [5, 5.41) is 3.23. The molecule has 3 nitrogen and oxygen atoms in total. The third kappa shape index (κ3) is 2.53. The zero-order chi connectivity index (χ0) is 12.3. The summed E-state index contributed by atoms with van der Waals surface area (Å²) in [5.74, 6) is 1.71. The lowest BCUT2D eigenvalue weighted by atomic mass is 10.0. The van der Waals surface area contributed by atoms with E-state index in [-0.39, 0.29) is 6.04 Å². The molecule has 1 unspecified atom stereocenters. The number of methoxy groups -OCH3 is 1. The third-order valence-corrected chi connectivity index (χ3v) is 3.35. The normalized spacial score (nSPS) is 12.4. The molecule has 2 rings (SSSR count). The van der Waals surface area contributed by atoms with E-state index in [1.165, 1.54) is 0 Å². The van der Waals surface area contributed by atoms with Crippen molar-refractivity contribution in [1.29, 1.82) is 0 Å². The molecule has 0 aliphatic heterocycles. The van der Waals surface area contributed by atoms with Crippen LogP contribution in [0.5, 0.6) is 5.75 Å². The summed E-state index contributed by atoms with van der Waals surface area (Å²) in [6, 6.07) is 9.73. The Morgan fingerprint density at radius 1 is 1.35 bits per heavy atom. The second kappa shape index (κ2) is 5.38. The van der Waals surface area contributed by atoms with Crippen molar-refractivity contribution in [2.24, 2.45) is 0 Å². The zero-order valence-corrected chi connectivity index (χ0v) is 11.3. The second-order valence-corrected chi connectivity index (χ2v) is 4.48. The Balaban J connectivity index is 2.43. The monoisotopic (exact) mass is 295 g/mol. The number of halogens is 1. The largest absolute Gasteiger partial charge is 0.497 e. The third-order valence-electron chi connectivity index (χ3n) is 2.63. The van der Waals surface area contributed by atoms with Crippen molar-refractivity contribution in [3.8, 4) is 5.75 Å². The highest BCUT2D eigenvalue weighted by Crippen LogP contribution is 2.31. The molecule has 1 aromatic carbocycles. The van der Waals surface area contributed by atoms with Crippen molar-refractivity contribution in [2.45, 2.75) is 6.04 Å². The molecular weight excluding hydrogens is 282 g/mol. The lowest BCUT2D eigenvalue weighted by Gasteiger charge is -2.16. The Kier molecular flexibility index (Phi) is 3.86. The minimum Gasteiger partial charge on any atom is -0.497 e. The van der Waals surface area contributed by atoms with Gasteiger partial charge in [-0.1, -0.05) is 15.9 Å². The maximum atomic E-state index is 5.45. The number of ether oxygens (including phenoxy) is 1. The molecule has 0 aliphatic carbocycles. The van der Waals surface area contributed by atoms with E-state index < -0.39 is 0 Å². The van der Waals surface area contributed by atoms with Crippen LogP contribution in [0.3, 0.4) is 0 Å². The summed E-state index contributed by atoms with van der Waals surface area (Å²) in [5.41, 5.74) is 1.09. The maximum Gasteiger partial charge on any atom is 0.125 e. The fourth-order valence-electron chi connectivity index (χ4n) is 1.78. The molecule has 2 aromatic rings. The summed E-state index contributed by atoms with van der Waals surface area (Å²) in [7, 11) is 3.56. The lowest BCUT2D eigenvalue weighted by Crippen LogP contribution is -2.17. The Labute approximate surface area is 109 Å². The van der Waals surface area contributed by atoms with E-state index >= 15 is 0 Å². The van der Waals surface area contributed by atoms with Gasteiger partial charge in [0.2, 0.25) is 0 Å². The number of furan rings is 1. The molecule has 90 valence electrons. The van der Waals surface area contributed by atoms with E-state index in [4.69, 9.17) is 9.15 Å². The fourth-order valence-corrected chi connectivity index (χ4v) is 2.25. The summed E-state index contributed by atoms with van der Waals surface area (Å²) in [4.78, 5) is 0. The van der Waals surface area contributed by atoms with Gasteiger partial charge in [-0.3, -0.25) is 0 Å². The van der Waals surface area contributed by atoms with Gasteiger partial charge >= 0.3 is 0 Å². The maximum absolute atomic E-state index is 5.45. The van der Waals surface area contributed by atoms with E-state index in [9.17, 15) is 0 Å². The van der Waals surface area contributed by atoms with Gasteiger partial charge in [-0.05, 0) is 42.9 Å². The van der Waals surface area contributed by atoms with Crippen molar-refractivity contribution >= 4 is 15.9 Å². The molecule has 0 bridgehead atoms. The van der Waals surface area contributed by atoms with Crippen LogP contribution in [0.15, 0.2) is 45.5 Å².